The zero-order chi connectivity index (χ0) is 18.3. The third-order valence-electron chi connectivity index (χ3n) is 8.71. The van der Waals surface area contributed by atoms with Crippen molar-refractivity contribution in [1.29, 1.82) is 0 Å². The van der Waals surface area contributed by atoms with Crippen LogP contribution in [-0.2, 0) is 0 Å². The lowest BCUT2D eigenvalue weighted by Gasteiger charge is -2.52. The van der Waals surface area contributed by atoms with E-state index in [4.69, 9.17) is 0 Å². The molecule has 0 spiro atoms. The monoisotopic (exact) mass is 354 g/mol. The maximum Gasteiger partial charge on any atom is 0.118 e. The topological polar surface area (TPSA) is 20.2 Å². The van der Waals surface area contributed by atoms with Gasteiger partial charge >= 0.3 is 0 Å². The van der Waals surface area contributed by atoms with Gasteiger partial charge in [0.15, 0.2) is 0 Å². The Hall–Kier alpha value is -0.980. The largest absolute Gasteiger partial charge is 0.508 e. The molecule has 4 aliphatic carbocycles. The van der Waals surface area contributed by atoms with Crippen LogP contribution in [-0.4, -0.2) is 5.11 Å². The zero-order valence-electron chi connectivity index (χ0n) is 17.1. The first-order valence-electron chi connectivity index (χ1n) is 11.4. The Kier molecular flexibility index (Phi) is 5.10. The maximum absolute atomic E-state index is 10.3. The van der Waals surface area contributed by atoms with Crippen molar-refractivity contribution in [2.75, 3.05) is 0 Å². The number of hydrogen-bond donors (Lipinski definition) is 1. The summed E-state index contributed by atoms with van der Waals surface area (Å²) in [6, 6.07) is 0. The molecule has 1 N–H and O–H groups in total. The molecule has 0 amide bonds. The van der Waals surface area contributed by atoms with E-state index in [9.17, 15) is 5.11 Å². The van der Waals surface area contributed by atoms with E-state index in [1.807, 2.05) is 0 Å². The number of aliphatic hydroxyl groups is 1. The average Bonchev–Trinajstić information content (AvgIpc) is 2.98. The highest BCUT2D eigenvalue weighted by Crippen LogP contribution is 2.63. The fraction of sp³-hybridized carbons (Fsp3) is 0.760. The molecule has 0 heterocycles. The quantitative estimate of drug-likeness (QED) is 0.511. The molecule has 0 aromatic carbocycles. The second kappa shape index (κ2) is 7.21. The number of rotatable bonds is 5. The highest BCUT2D eigenvalue weighted by molar-refractivity contribution is 5.43. The van der Waals surface area contributed by atoms with Crippen LogP contribution in [0.25, 0.3) is 0 Å². The Morgan fingerprint density at radius 3 is 2.73 bits per heavy atom. The van der Waals surface area contributed by atoms with Gasteiger partial charge in [-0.1, -0.05) is 52.2 Å². The highest BCUT2D eigenvalue weighted by atomic mass is 16.3. The summed E-state index contributed by atoms with van der Waals surface area (Å²) in [6.07, 6.45) is 20.6. The summed E-state index contributed by atoms with van der Waals surface area (Å²) in [5, 5.41) is 10.3. The summed E-state index contributed by atoms with van der Waals surface area (Å²) in [5.41, 5.74) is 3.18. The van der Waals surface area contributed by atoms with E-state index in [2.05, 4.69) is 39.0 Å². The fourth-order valence-corrected chi connectivity index (χ4v) is 7.21. The Morgan fingerprint density at radius 2 is 1.96 bits per heavy atom. The van der Waals surface area contributed by atoms with Crippen molar-refractivity contribution in [2.24, 2.45) is 35.0 Å². The highest BCUT2D eigenvalue weighted by Gasteiger charge is 2.55. The van der Waals surface area contributed by atoms with Gasteiger partial charge in [-0.25, -0.2) is 0 Å². The van der Waals surface area contributed by atoms with E-state index in [-0.39, 0.29) is 0 Å². The Morgan fingerprint density at radius 1 is 1.12 bits per heavy atom. The van der Waals surface area contributed by atoms with Gasteiger partial charge in [-0.3, -0.25) is 0 Å². The van der Waals surface area contributed by atoms with Crippen LogP contribution in [0.15, 0.2) is 35.1 Å². The molecule has 0 radical (unpaired) electrons. The van der Waals surface area contributed by atoms with Crippen molar-refractivity contribution in [1.82, 2.24) is 0 Å². The Bertz CT molecular complexity index is 624. The molecule has 0 unspecified atom stereocenters. The number of hydrogen-bond acceptors (Lipinski definition) is 1. The van der Waals surface area contributed by atoms with Crippen LogP contribution < -0.4 is 0 Å². The van der Waals surface area contributed by atoms with Crippen LogP contribution in [0.5, 0.6) is 0 Å². The number of unbranched alkanes of at least 4 members (excludes halogenated alkanes) is 2. The SMILES string of the molecule is CCCCC[C@H]1CC[C@H]2[C@@H]3CC=C4C=C(O)C(CC)=C[C@@H]4[C@H]3CC[C@]12C. The summed E-state index contributed by atoms with van der Waals surface area (Å²) >= 11 is 0. The summed E-state index contributed by atoms with van der Waals surface area (Å²) in [7, 11) is 0. The molecule has 2 saturated carbocycles. The lowest BCUT2D eigenvalue weighted by molar-refractivity contribution is -0.00319. The normalized spacial score (nSPS) is 41.5. The van der Waals surface area contributed by atoms with E-state index in [0.29, 0.717) is 17.1 Å². The van der Waals surface area contributed by atoms with E-state index in [1.54, 1.807) is 0 Å². The molecule has 0 aromatic rings. The molecule has 1 nitrogen and oxygen atoms in total. The van der Waals surface area contributed by atoms with Gasteiger partial charge in [-0.05, 0) is 91.3 Å². The van der Waals surface area contributed by atoms with Crippen LogP contribution in [0.1, 0.15) is 85.0 Å². The van der Waals surface area contributed by atoms with Crippen LogP contribution in [0.2, 0.25) is 0 Å². The molecule has 26 heavy (non-hydrogen) atoms. The number of fused-ring (bicyclic) bond motifs is 5. The third kappa shape index (κ3) is 2.90. The minimum atomic E-state index is 0.519. The third-order valence-corrected chi connectivity index (χ3v) is 8.71. The Balaban J connectivity index is 1.55. The summed E-state index contributed by atoms with van der Waals surface area (Å²) < 4.78 is 0. The predicted molar refractivity (Wildman–Crippen MR) is 110 cm³/mol. The predicted octanol–water partition coefficient (Wildman–Crippen LogP) is 7.36. The van der Waals surface area contributed by atoms with E-state index >= 15 is 0 Å². The molecular formula is C25H38O. The summed E-state index contributed by atoms with van der Waals surface area (Å²) in [6.45, 7) is 7.14. The minimum Gasteiger partial charge on any atom is -0.508 e. The molecule has 6 atom stereocenters. The van der Waals surface area contributed by atoms with Gasteiger partial charge in [0, 0.05) is 5.92 Å². The molecule has 0 bridgehead atoms. The lowest BCUT2D eigenvalue weighted by atomic mass is 9.52. The van der Waals surface area contributed by atoms with Crippen LogP contribution in [0.3, 0.4) is 0 Å². The van der Waals surface area contributed by atoms with E-state index in [1.165, 1.54) is 68.9 Å². The van der Waals surface area contributed by atoms with Gasteiger partial charge in [0.2, 0.25) is 0 Å². The summed E-state index contributed by atoms with van der Waals surface area (Å²) in [5.74, 6) is 4.69. The molecule has 0 saturated heterocycles. The van der Waals surface area contributed by atoms with E-state index in [0.717, 1.165) is 30.1 Å². The first-order chi connectivity index (χ1) is 12.6. The standard InChI is InChI=1S/C25H38O/c1-4-6-7-8-19-10-12-23-21-11-9-18-16-24(26)17(5-2)15-22(18)20(21)13-14-25(19,23)3/h9,15-16,19-23,26H,4-8,10-14H2,1-3H3/t19-,20-,21+,22-,23-,25+/m0/s1. The van der Waals surface area contributed by atoms with Crippen molar-refractivity contribution in [3.63, 3.8) is 0 Å². The van der Waals surface area contributed by atoms with Crippen molar-refractivity contribution in [3.05, 3.63) is 35.1 Å². The summed E-state index contributed by atoms with van der Waals surface area (Å²) in [4.78, 5) is 0. The van der Waals surface area contributed by atoms with Crippen LogP contribution in [0.4, 0.5) is 0 Å². The first-order valence-corrected chi connectivity index (χ1v) is 11.4. The van der Waals surface area contributed by atoms with E-state index < -0.39 is 0 Å². The Labute approximate surface area is 160 Å². The van der Waals surface area contributed by atoms with Crippen LogP contribution >= 0.6 is 0 Å². The molecule has 4 aliphatic rings. The second-order valence-electron chi connectivity index (χ2n) is 9.79. The van der Waals surface area contributed by atoms with Crippen LogP contribution in [0, 0.1) is 35.0 Å². The van der Waals surface area contributed by atoms with Gasteiger partial charge < -0.3 is 5.11 Å². The first kappa shape index (κ1) is 18.4. The van der Waals surface area contributed by atoms with Gasteiger partial charge in [0.05, 0.1) is 0 Å². The second-order valence-corrected chi connectivity index (χ2v) is 9.79. The zero-order valence-corrected chi connectivity index (χ0v) is 17.1. The van der Waals surface area contributed by atoms with Crippen molar-refractivity contribution in [2.45, 2.75) is 85.0 Å². The van der Waals surface area contributed by atoms with Gasteiger partial charge in [-0.15, -0.1) is 0 Å². The fourth-order valence-electron chi connectivity index (χ4n) is 7.21. The van der Waals surface area contributed by atoms with Gasteiger partial charge in [0.25, 0.3) is 0 Å². The van der Waals surface area contributed by atoms with Gasteiger partial charge in [-0.2, -0.15) is 0 Å². The molecule has 0 aliphatic heterocycles. The molecule has 2 fully saturated rings. The molecule has 144 valence electrons. The molecule has 0 aromatic heterocycles. The van der Waals surface area contributed by atoms with Gasteiger partial charge in [0.1, 0.15) is 5.76 Å². The molecular weight excluding hydrogens is 316 g/mol. The smallest absolute Gasteiger partial charge is 0.118 e. The average molecular weight is 355 g/mol. The van der Waals surface area contributed by atoms with Crippen molar-refractivity contribution >= 4 is 0 Å². The van der Waals surface area contributed by atoms with Crippen molar-refractivity contribution in [3.8, 4) is 0 Å². The maximum atomic E-state index is 10.3. The minimum absolute atomic E-state index is 0.519. The van der Waals surface area contributed by atoms with Crippen molar-refractivity contribution < 1.29 is 5.11 Å². The lowest BCUT2D eigenvalue weighted by Crippen LogP contribution is -2.45. The number of aliphatic hydroxyl groups excluding tert-OH is 1. The number of allylic oxidation sites excluding steroid dienone is 5. The molecule has 4 rings (SSSR count). The molecule has 1 heteroatoms.